The SMILES string of the molecule is C[C@H]1OCC(=O)NC1(C)C. The van der Waals surface area contributed by atoms with E-state index in [1.165, 1.54) is 0 Å². The van der Waals surface area contributed by atoms with Crippen molar-refractivity contribution in [2.24, 2.45) is 0 Å². The van der Waals surface area contributed by atoms with Gasteiger partial charge >= 0.3 is 0 Å². The Balaban J connectivity index is 2.63. The van der Waals surface area contributed by atoms with Crippen LogP contribution in [0.2, 0.25) is 0 Å². The number of morpholine rings is 1. The Hall–Kier alpha value is -0.570. The van der Waals surface area contributed by atoms with E-state index >= 15 is 0 Å². The van der Waals surface area contributed by atoms with Gasteiger partial charge in [0.2, 0.25) is 5.91 Å². The summed E-state index contributed by atoms with van der Waals surface area (Å²) in [5, 5.41) is 2.84. The highest BCUT2D eigenvalue weighted by molar-refractivity contribution is 5.78. The predicted octanol–water partition coefficient (Wildman–Crippen LogP) is 0.300. The normalized spacial score (nSPS) is 31.5. The third-order valence-electron chi connectivity index (χ3n) is 1.94. The molecule has 0 spiro atoms. The summed E-state index contributed by atoms with van der Waals surface area (Å²) in [5.41, 5.74) is -0.213. The Labute approximate surface area is 60.7 Å². The van der Waals surface area contributed by atoms with E-state index in [4.69, 9.17) is 4.74 Å². The number of carbonyl (C=O) groups is 1. The van der Waals surface area contributed by atoms with Crippen molar-refractivity contribution in [1.29, 1.82) is 0 Å². The number of rotatable bonds is 0. The Kier molecular flexibility index (Phi) is 1.68. The van der Waals surface area contributed by atoms with E-state index in [1.807, 2.05) is 20.8 Å². The molecule has 1 atom stereocenters. The van der Waals surface area contributed by atoms with Crippen molar-refractivity contribution in [2.45, 2.75) is 32.4 Å². The summed E-state index contributed by atoms with van der Waals surface area (Å²) in [7, 11) is 0. The van der Waals surface area contributed by atoms with Crippen LogP contribution in [-0.2, 0) is 9.53 Å². The van der Waals surface area contributed by atoms with E-state index < -0.39 is 0 Å². The van der Waals surface area contributed by atoms with Crippen LogP contribution >= 0.6 is 0 Å². The zero-order valence-corrected chi connectivity index (χ0v) is 6.60. The smallest absolute Gasteiger partial charge is 0.246 e. The van der Waals surface area contributed by atoms with Gasteiger partial charge in [0.05, 0.1) is 11.6 Å². The van der Waals surface area contributed by atoms with Crippen LogP contribution in [0.4, 0.5) is 0 Å². The topological polar surface area (TPSA) is 38.3 Å². The van der Waals surface area contributed by atoms with E-state index in [1.54, 1.807) is 0 Å². The third kappa shape index (κ3) is 1.29. The molecule has 3 nitrogen and oxygen atoms in total. The van der Waals surface area contributed by atoms with Crippen molar-refractivity contribution in [3.05, 3.63) is 0 Å². The zero-order valence-electron chi connectivity index (χ0n) is 6.60. The quantitative estimate of drug-likeness (QED) is 0.529. The fourth-order valence-electron chi connectivity index (χ4n) is 0.906. The summed E-state index contributed by atoms with van der Waals surface area (Å²) >= 11 is 0. The fraction of sp³-hybridized carbons (Fsp3) is 0.857. The highest BCUT2D eigenvalue weighted by atomic mass is 16.5. The number of hydrogen-bond donors (Lipinski definition) is 1. The standard InChI is InChI=1S/C7H13NO2/c1-5-7(2,3)8-6(9)4-10-5/h5H,4H2,1-3H3,(H,8,9)/t5-/m1/s1. The van der Waals surface area contributed by atoms with Crippen LogP contribution in [0.1, 0.15) is 20.8 Å². The van der Waals surface area contributed by atoms with Gasteiger partial charge in [-0.25, -0.2) is 0 Å². The molecule has 10 heavy (non-hydrogen) atoms. The van der Waals surface area contributed by atoms with Gasteiger partial charge in [0, 0.05) is 0 Å². The van der Waals surface area contributed by atoms with Crippen LogP contribution in [-0.4, -0.2) is 24.2 Å². The first kappa shape index (κ1) is 7.54. The van der Waals surface area contributed by atoms with Gasteiger partial charge in [0.1, 0.15) is 6.61 Å². The first-order valence-corrected chi connectivity index (χ1v) is 3.45. The monoisotopic (exact) mass is 143 g/mol. The minimum Gasteiger partial charge on any atom is -0.366 e. The molecule has 3 heteroatoms. The minimum absolute atomic E-state index is 0.0249. The molecule has 0 aromatic carbocycles. The largest absolute Gasteiger partial charge is 0.366 e. The van der Waals surface area contributed by atoms with Crippen molar-refractivity contribution in [1.82, 2.24) is 5.32 Å². The maximum Gasteiger partial charge on any atom is 0.246 e. The first-order chi connectivity index (χ1) is 4.52. The van der Waals surface area contributed by atoms with Crippen molar-refractivity contribution in [3.63, 3.8) is 0 Å². The zero-order chi connectivity index (χ0) is 7.78. The lowest BCUT2D eigenvalue weighted by Gasteiger charge is -2.36. The number of nitrogens with one attached hydrogen (secondary N) is 1. The van der Waals surface area contributed by atoms with Gasteiger partial charge in [-0.1, -0.05) is 0 Å². The highest BCUT2D eigenvalue weighted by Crippen LogP contribution is 2.15. The van der Waals surface area contributed by atoms with Gasteiger partial charge in [0.25, 0.3) is 0 Å². The minimum atomic E-state index is -0.213. The summed E-state index contributed by atoms with van der Waals surface area (Å²) in [6.07, 6.45) is 0.102. The molecule has 1 fully saturated rings. The van der Waals surface area contributed by atoms with E-state index in [2.05, 4.69) is 5.32 Å². The van der Waals surface area contributed by atoms with Crippen LogP contribution in [0.5, 0.6) is 0 Å². The summed E-state index contributed by atoms with van der Waals surface area (Å²) in [5.74, 6) is -0.0249. The molecule has 1 aliphatic rings. The molecule has 1 heterocycles. The highest BCUT2D eigenvalue weighted by Gasteiger charge is 2.32. The molecule has 1 rings (SSSR count). The van der Waals surface area contributed by atoms with E-state index in [0.717, 1.165) is 0 Å². The Morgan fingerprint density at radius 2 is 2.30 bits per heavy atom. The number of hydrogen-bond acceptors (Lipinski definition) is 2. The molecule has 1 amide bonds. The lowest BCUT2D eigenvalue weighted by molar-refractivity contribution is -0.140. The lowest BCUT2D eigenvalue weighted by atomic mass is 9.97. The second-order valence-corrected chi connectivity index (χ2v) is 3.22. The molecule has 1 saturated heterocycles. The van der Waals surface area contributed by atoms with Crippen LogP contribution < -0.4 is 5.32 Å². The number of ether oxygens (including phenoxy) is 1. The average Bonchev–Trinajstić information content (AvgIpc) is 1.78. The fourth-order valence-corrected chi connectivity index (χ4v) is 0.906. The van der Waals surface area contributed by atoms with Crippen molar-refractivity contribution in [2.75, 3.05) is 6.61 Å². The maximum atomic E-state index is 10.8. The summed E-state index contributed by atoms with van der Waals surface area (Å²) < 4.78 is 5.19. The van der Waals surface area contributed by atoms with Crippen molar-refractivity contribution >= 4 is 5.91 Å². The Morgan fingerprint density at radius 1 is 1.70 bits per heavy atom. The van der Waals surface area contributed by atoms with E-state index in [-0.39, 0.29) is 24.2 Å². The number of carbonyl (C=O) groups excluding carboxylic acids is 1. The molecular weight excluding hydrogens is 130 g/mol. The summed E-state index contributed by atoms with van der Waals surface area (Å²) in [6, 6.07) is 0. The molecule has 1 N–H and O–H groups in total. The van der Waals surface area contributed by atoms with Crippen LogP contribution in [0.15, 0.2) is 0 Å². The van der Waals surface area contributed by atoms with Gasteiger partial charge in [-0.05, 0) is 20.8 Å². The van der Waals surface area contributed by atoms with Gasteiger partial charge in [-0.3, -0.25) is 4.79 Å². The molecule has 0 unspecified atom stereocenters. The molecule has 1 aliphatic heterocycles. The van der Waals surface area contributed by atoms with E-state index in [0.29, 0.717) is 0 Å². The van der Waals surface area contributed by atoms with Gasteiger partial charge < -0.3 is 10.1 Å². The van der Waals surface area contributed by atoms with Crippen LogP contribution in [0.3, 0.4) is 0 Å². The molecule has 0 aromatic rings. The molecule has 0 aliphatic carbocycles. The van der Waals surface area contributed by atoms with Crippen LogP contribution in [0, 0.1) is 0 Å². The lowest BCUT2D eigenvalue weighted by Crippen LogP contribution is -2.57. The third-order valence-corrected chi connectivity index (χ3v) is 1.94. The molecule has 0 saturated carbocycles. The molecule has 0 radical (unpaired) electrons. The summed E-state index contributed by atoms with van der Waals surface area (Å²) in [4.78, 5) is 10.8. The molecular formula is C7H13NO2. The second kappa shape index (κ2) is 2.23. The van der Waals surface area contributed by atoms with Crippen LogP contribution in [0.25, 0.3) is 0 Å². The first-order valence-electron chi connectivity index (χ1n) is 3.45. The second-order valence-electron chi connectivity index (χ2n) is 3.22. The van der Waals surface area contributed by atoms with Gasteiger partial charge in [-0.2, -0.15) is 0 Å². The number of amides is 1. The maximum absolute atomic E-state index is 10.8. The van der Waals surface area contributed by atoms with Crippen molar-refractivity contribution < 1.29 is 9.53 Å². The van der Waals surface area contributed by atoms with Crippen molar-refractivity contribution in [3.8, 4) is 0 Å². The predicted molar refractivity (Wildman–Crippen MR) is 37.6 cm³/mol. The average molecular weight is 143 g/mol. The van der Waals surface area contributed by atoms with Gasteiger partial charge in [-0.15, -0.1) is 0 Å². The van der Waals surface area contributed by atoms with Gasteiger partial charge in [0.15, 0.2) is 0 Å². The molecule has 58 valence electrons. The Bertz CT molecular complexity index is 154. The van der Waals surface area contributed by atoms with E-state index in [9.17, 15) is 4.79 Å². The molecule has 0 aromatic heterocycles. The summed E-state index contributed by atoms with van der Waals surface area (Å²) in [6.45, 7) is 6.06. The Morgan fingerprint density at radius 3 is 2.70 bits per heavy atom. The molecule has 0 bridgehead atoms.